The first-order valence-corrected chi connectivity index (χ1v) is 5.83. The van der Waals surface area contributed by atoms with Gasteiger partial charge in [-0.25, -0.2) is 0 Å². The van der Waals surface area contributed by atoms with Crippen molar-refractivity contribution < 1.29 is 0 Å². The van der Waals surface area contributed by atoms with Crippen LogP contribution in [0, 0.1) is 11.3 Å². The van der Waals surface area contributed by atoms with Crippen molar-refractivity contribution in [3.8, 4) is 0 Å². The molecule has 0 aliphatic heterocycles. The van der Waals surface area contributed by atoms with Crippen molar-refractivity contribution >= 4 is 11.6 Å². The lowest BCUT2D eigenvalue weighted by Gasteiger charge is -2.23. The van der Waals surface area contributed by atoms with Gasteiger partial charge in [0, 0.05) is 11.5 Å². The summed E-state index contributed by atoms with van der Waals surface area (Å²) in [6.45, 7) is 9.24. The van der Waals surface area contributed by atoms with Gasteiger partial charge in [0.15, 0.2) is 0 Å². The first-order valence-electron chi connectivity index (χ1n) is 5.83. The van der Waals surface area contributed by atoms with Crippen LogP contribution in [0.4, 0.5) is 0 Å². The van der Waals surface area contributed by atoms with Gasteiger partial charge in [0.2, 0.25) is 0 Å². The number of rotatable bonds is 1. The van der Waals surface area contributed by atoms with Crippen molar-refractivity contribution in [1.82, 2.24) is 4.98 Å². The lowest BCUT2D eigenvalue weighted by Crippen LogP contribution is -2.31. The van der Waals surface area contributed by atoms with Gasteiger partial charge in [-0.2, -0.15) is 0 Å². The Morgan fingerprint density at radius 3 is 2.80 bits per heavy atom. The van der Waals surface area contributed by atoms with Gasteiger partial charge in [0.25, 0.3) is 0 Å². The summed E-state index contributed by atoms with van der Waals surface area (Å²) in [6, 6.07) is 2.22. The number of H-pyrrole nitrogens is 1. The molecule has 0 radical (unpaired) electrons. The van der Waals surface area contributed by atoms with E-state index < -0.39 is 0 Å². The molecule has 1 N–H and O–H groups in total. The normalized spacial score (nSPS) is 21.1. The molecule has 1 heteroatoms. The second-order valence-corrected chi connectivity index (χ2v) is 5.99. The van der Waals surface area contributed by atoms with Gasteiger partial charge in [-0.1, -0.05) is 39.3 Å². The van der Waals surface area contributed by atoms with E-state index in [-0.39, 0.29) is 0 Å². The lowest BCUT2D eigenvalue weighted by atomic mass is 9.82. The van der Waals surface area contributed by atoms with Crippen LogP contribution in [0.5, 0.6) is 0 Å². The van der Waals surface area contributed by atoms with Crippen molar-refractivity contribution in [1.29, 1.82) is 0 Å². The number of hydrogen-bond donors (Lipinski definition) is 1. The van der Waals surface area contributed by atoms with Crippen LogP contribution in [-0.2, 0) is 0 Å². The highest BCUT2D eigenvalue weighted by molar-refractivity contribution is 5.52. The molecule has 1 heterocycles. The summed E-state index contributed by atoms with van der Waals surface area (Å²) in [5.74, 6) is 0.675. The molecule has 0 saturated heterocycles. The van der Waals surface area contributed by atoms with E-state index in [1.54, 1.807) is 5.57 Å². The smallest absolute Gasteiger partial charge is 0.0415 e. The molecule has 1 aliphatic rings. The van der Waals surface area contributed by atoms with Crippen LogP contribution in [0.25, 0.3) is 11.6 Å². The Kier molecular flexibility index (Phi) is 2.49. The third-order valence-electron chi connectivity index (χ3n) is 2.92. The molecule has 2 rings (SSSR count). The first kappa shape index (κ1) is 10.5. The monoisotopic (exact) mass is 203 g/mol. The number of hydrogen-bond acceptors (Lipinski definition) is 0. The van der Waals surface area contributed by atoms with Gasteiger partial charge in [0.1, 0.15) is 0 Å². The SMILES string of the molecule is CC1C=c2[nH]ccc2=C(CC(C)(C)C)C1. The molecule has 1 aromatic rings. The van der Waals surface area contributed by atoms with Crippen LogP contribution in [0.2, 0.25) is 0 Å². The molecule has 0 saturated carbocycles. The van der Waals surface area contributed by atoms with E-state index in [0.29, 0.717) is 11.3 Å². The zero-order chi connectivity index (χ0) is 11.1. The van der Waals surface area contributed by atoms with Crippen molar-refractivity contribution in [2.75, 3.05) is 0 Å². The standard InChI is InChI=1S/C14H21N/c1-10-7-11(9-14(2,3)4)12-5-6-15-13(12)8-10/h5-6,8,10,15H,7,9H2,1-4H3. The molecular weight excluding hydrogens is 182 g/mol. The van der Waals surface area contributed by atoms with Gasteiger partial charge < -0.3 is 4.98 Å². The van der Waals surface area contributed by atoms with Crippen LogP contribution in [0.15, 0.2) is 12.3 Å². The number of fused-ring (bicyclic) bond motifs is 1. The third kappa shape index (κ3) is 2.34. The van der Waals surface area contributed by atoms with Crippen molar-refractivity contribution in [3.05, 3.63) is 22.8 Å². The second-order valence-electron chi connectivity index (χ2n) is 5.99. The number of aromatic nitrogens is 1. The van der Waals surface area contributed by atoms with E-state index in [1.807, 2.05) is 0 Å². The van der Waals surface area contributed by atoms with E-state index >= 15 is 0 Å². The topological polar surface area (TPSA) is 15.8 Å². The average molecular weight is 203 g/mol. The molecule has 1 atom stereocenters. The molecule has 1 unspecified atom stereocenters. The Morgan fingerprint density at radius 1 is 1.40 bits per heavy atom. The molecule has 0 amide bonds. The predicted molar refractivity (Wildman–Crippen MR) is 65.8 cm³/mol. The molecule has 0 bridgehead atoms. The first-order chi connectivity index (χ1) is 6.96. The van der Waals surface area contributed by atoms with Gasteiger partial charge in [0.05, 0.1) is 0 Å². The highest BCUT2D eigenvalue weighted by atomic mass is 14.6. The van der Waals surface area contributed by atoms with Gasteiger partial charge in [-0.15, -0.1) is 0 Å². The number of nitrogens with one attached hydrogen (secondary N) is 1. The summed E-state index contributed by atoms with van der Waals surface area (Å²) in [5.41, 5.74) is 2.01. The Labute approximate surface area is 91.9 Å². The van der Waals surface area contributed by atoms with Crippen LogP contribution < -0.4 is 10.6 Å². The van der Waals surface area contributed by atoms with E-state index in [0.717, 1.165) is 0 Å². The molecule has 1 aromatic heterocycles. The lowest BCUT2D eigenvalue weighted by molar-refractivity contribution is 0.419. The molecule has 0 spiro atoms. The zero-order valence-electron chi connectivity index (χ0n) is 10.2. The van der Waals surface area contributed by atoms with E-state index in [9.17, 15) is 0 Å². The summed E-state index contributed by atoms with van der Waals surface area (Å²) in [6.07, 6.45) is 6.83. The largest absolute Gasteiger partial charge is 0.361 e. The fraction of sp³-hybridized carbons (Fsp3) is 0.571. The van der Waals surface area contributed by atoms with Gasteiger partial charge in [-0.05, 0) is 35.5 Å². The van der Waals surface area contributed by atoms with Crippen molar-refractivity contribution in [2.45, 2.75) is 40.5 Å². The molecule has 0 aromatic carbocycles. The molecule has 1 aliphatic carbocycles. The third-order valence-corrected chi connectivity index (χ3v) is 2.92. The molecular formula is C14H21N. The maximum atomic E-state index is 3.33. The highest BCUT2D eigenvalue weighted by Gasteiger charge is 2.17. The summed E-state index contributed by atoms with van der Waals surface area (Å²) >= 11 is 0. The Hall–Kier alpha value is -0.980. The van der Waals surface area contributed by atoms with Crippen LogP contribution in [0.1, 0.15) is 40.5 Å². The zero-order valence-corrected chi connectivity index (χ0v) is 10.2. The summed E-state index contributed by atoms with van der Waals surface area (Å²) in [5, 5.41) is 2.77. The highest BCUT2D eigenvalue weighted by Crippen LogP contribution is 2.28. The summed E-state index contributed by atoms with van der Waals surface area (Å²) < 4.78 is 0. The second kappa shape index (κ2) is 3.55. The van der Waals surface area contributed by atoms with Crippen molar-refractivity contribution in [3.63, 3.8) is 0 Å². The molecule has 1 nitrogen and oxygen atoms in total. The Morgan fingerprint density at radius 2 is 2.13 bits per heavy atom. The maximum Gasteiger partial charge on any atom is 0.0415 e. The fourth-order valence-corrected chi connectivity index (χ4v) is 2.48. The van der Waals surface area contributed by atoms with E-state index in [4.69, 9.17) is 0 Å². The molecule has 0 fully saturated rings. The quantitative estimate of drug-likeness (QED) is 0.721. The number of aromatic amines is 1. The van der Waals surface area contributed by atoms with Crippen LogP contribution in [0.3, 0.4) is 0 Å². The van der Waals surface area contributed by atoms with Crippen molar-refractivity contribution in [2.24, 2.45) is 11.3 Å². The summed E-state index contributed by atoms with van der Waals surface area (Å²) in [4.78, 5) is 3.33. The van der Waals surface area contributed by atoms with Crippen LogP contribution >= 0.6 is 0 Å². The summed E-state index contributed by atoms with van der Waals surface area (Å²) in [7, 11) is 0. The van der Waals surface area contributed by atoms with Crippen LogP contribution in [-0.4, -0.2) is 4.98 Å². The Balaban J connectivity index is 2.48. The van der Waals surface area contributed by atoms with Gasteiger partial charge in [-0.3, -0.25) is 0 Å². The Bertz CT molecular complexity index is 456. The molecule has 15 heavy (non-hydrogen) atoms. The fourth-order valence-electron chi connectivity index (χ4n) is 2.48. The van der Waals surface area contributed by atoms with E-state index in [2.05, 4.69) is 51.0 Å². The molecule has 82 valence electrons. The minimum atomic E-state index is 0.390. The minimum absolute atomic E-state index is 0.390. The van der Waals surface area contributed by atoms with E-state index in [1.165, 1.54) is 23.4 Å². The predicted octanol–water partition coefficient (Wildman–Crippen LogP) is 2.42. The van der Waals surface area contributed by atoms with Gasteiger partial charge >= 0.3 is 0 Å². The minimum Gasteiger partial charge on any atom is -0.361 e. The maximum absolute atomic E-state index is 3.33. The average Bonchev–Trinajstić information content (AvgIpc) is 2.48.